The molecule has 0 aliphatic heterocycles. The molecule has 0 spiro atoms. The van der Waals surface area contributed by atoms with Crippen molar-refractivity contribution in [3.8, 4) is 0 Å². The predicted molar refractivity (Wildman–Crippen MR) is 53.9 cm³/mol. The Balaban J connectivity index is 2.11. The molecule has 0 atom stereocenters. The number of Topliss-reactive ketones (excluding diaryl/α,β-unsaturated/α-hetero) is 1. The Morgan fingerprint density at radius 1 is 1.43 bits per heavy atom. The number of H-pyrrole nitrogens is 1. The summed E-state index contributed by atoms with van der Waals surface area (Å²) < 4.78 is 0. The first-order valence-electron chi connectivity index (χ1n) is 5.12. The molecule has 1 aliphatic carbocycles. The topological polar surface area (TPSA) is 71.8 Å². The van der Waals surface area contributed by atoms with E-state index in [1.807, 2.05) is 0 Å². The van der Waals surface area contributed by atoms with Gasteiger partial charge in [-0.2, -0.15) is 5.10 Å². The summed E-state index contributed by atoms with van der Waals surface area (Å²) >= 11 is 0. The summed E-state index contributed by atoms with van der Waals surface area (Å²) in [5.74, 6) is 0.736. The molecule has 0 bridgehead atoms. The lowest BCUT2D eigenvalue weighted by atomic mass is 9.84. The van der Waals surface area contributed by atoms with Crippen molar-refractivity contribution in [1.82, 2.24) is 10.2 Å². The second kappa shape index (κ2) is 3.82. The van der Waals surface area contributed by atoms with Crippen LogP contribution in [0.2, 0.25) is 0 Å². The number of anilines is 1. The standard InChI is InChI=1S/C10H15N3O/c11-10-8(6-12-13-10)9(14)7-4-2-1-3-5-7/h6-7H,1-5H2,(H3,11,12,13). The third kappa shape index (κ3) is 1.64. The fraction of sp³-hybridized carbons (Fsp3) is 0.600. The number of aromatic nitrogens is 2. The quantitative estimate of drug-likeness (QED) is 0.703. The van der Waals surface area contributed by atoms with E-state index >= 15 is 0 Å². The van der Waals surface area contributed by atoms with Crippen molar-refractivity contribution < 1.29 is 4.79 Å². The molecule has 0 saturated heterocycles. The van der Waals surface area contributed by atoms with E-state index in [1.54, 1.807) is 0 Å². The SMILES string of the molecule is Nc1[nH]ncc1C(=O)C1CCCCC1. The fourth-order valence-corrected chi connectivity index (χ4v) is 2.08. The van der Waals surface area contributed by atoms with Crippen LogP contribution in [0.5, 0.6) is 0 Å². The second-order valence-corrected chi connectivity index (χ2v) is 3.90. The Morgan fingerprint density at radius 2 is 2.14 bits per heavy atom. The van der Waals surface area contributed by atoms with Gasteiger partial charge in [-0.1, -0.05) is 19.3 Å². The largest absolute Gasteiger partial charge is 0.383 e. The Bertz CT molecular complexity index is 326. The molecule has 1 aromatic heterocycles. The molecule has 0 aromatic carbocycles. The van der Waals surface area contributed by atoms with Crippen molar-refractivity contribution in [2.24, 2.45) is 5.92 Å². The van der Waals surface area contributed by atoms with Gasteiger partial charge in [0.05, 0.1) is 11.8 Å². The van der Waals surface area contributed by atoms with Gasteiger partial charge >= 0.3 is 0 Å². The Labute approximate surface area is 82.9 Å². The summed E-state index contributed by atoms with van der Waals surface area (Å²) in [6, 6.07) is 0. The third-order valence-electron chi connectivity index (χ3n) is 2.91. The van der Waals surface area contributed by atoms with Gasteiger partial charge in [0.25, 0.3) is 0 Å². The zero-order valence-electron chi connectivity index (χ0n) is 8.12. The Kier molecular flexibility index (Phi) is 2.52. The van der Waals surface area contributed by atoms with Crippen LogP contribution in [0.4, 0.5) is 5.82 Å². The van der Waals surface area contributed by atoms with Gasteiger partial charge in [0.2, 0.25) is 0 Å². The van der Waals surface area contributed by atoms with E-state index in [-0.39, 0.29) is 11.7 Å². The molecule has 0 radical (unpaired) electrons. The molecule has 1 saturated carbocycles. The van der Waals surface area contributed by atoms with Crippen LogP contribution < -0.4 is 5.73 Å². The van der Waals surface area contributed by atoms with Crippen LogP contribution in [-0.4, -0.2) is 16.0 Å². The van der Waals surface area contributed by atoms with Crippen molar-refractivity contribution in [2.45, 2.75) is 32.1 Å². The predicted octanol–water partition coefficient (Wildman–Crippen LogP) is 1.75. The summed E-state index contributed by atoms with van der Waals surface area (Å²) in [4.78, 5) is 11.9. The number of carbonyl (C=O) groups is 1. The minimum absolute atomic E-state index is 0.163. The lowest BCUT2D eigenvalue weighted by Crippen LogP contribution is -2.18. The average Bonchev–Trinajstić information content (AvgIpc) is 2.65. The molecule has 3 N–H and O–H groups in total. The third-order valence-corrected chi connectivity index (χ3v) is 2.91. The zero-order chi connectivity index (χ0) is 9.97. The first kappa shape index (κ1) is 9.24. The van der Waals surface area contributed by atoms with Gasteiger partial charge in [-0.3, -0.25) is 9.89 Å². The summed E-state index contributed by atoms with van der Waals surface area (Å²) in [7, 11) is 0. The molecule has 2 rings (SSSR count). The molecular weight excluding hydrogens is 178 g/mol. The highest BCUT2D eigenvalue weighted by atomic mass is 16.1. The number of hydrogen-bond acceptors (Lipinski definition) is 3. The minimum atomic E-state index is 0.163. The van der Waals surface area contributed by atoms with E-state index in [0.29, 0.717) is 11.4 Å². The summed E-state index contributed by atoms with van der Waals surface area (Å²) in [6.45, 7) is 0. The molecule has 76 valence electrons. The normalized spacial score (nSPS) is 18.3. The highest BCUT2D eigenvalue weighted by Crippen LogP contribution is 2.27. The lowest BCUT2D eigenvalue weighted by Gasteiger charge is -2.19. The number of hydrogen-bond donors (Lipinski definition) is 2. The molecular formula is C10H15N3O. The number of carbonyl (C=O) groups excluding carboxylic acids is 1. The van der Waals surface area contributed by atoms with Gasteiger partial charge < -0.3 is 5.73 Å². The molecule has 1 aliphatic rings. The van der Waals surface area contributed by atoms with Crippen molar-refractivity contribution in [3.05, 3.63) is 11.8 Å². The fourth-order valence-electron chi connectivity index (χ4n) is 2.08. The van der Waals surface area contributed by atoms with E-state index in [9.17, 15) is 4.79 Å². The zero-order valence-corrected chi connectivity index (χ0v) is 8.12. The van der Waals surface area contributed by atoms with Gasteiger partial charge in [0, 0.05) is 5.92 Å². The number of nitrogen functional groups attached to an aromatic ring is 1. The van der Waals surface area contributed by atoms with Gasteiger partial charge in [-0.25, -0.2) is 0 Å². The molecule has 14 heavy (non-hydrogen) atoms. The van der Waals surface area contributed by atoms with Crippen LogP contribution in [-0.2, 0) is 0 Å². The minimum Gasteiger partial charge on any atom is -0.383 e. The number of aromatic amines is 1. The van der Waals surface area contributed by atoms with Gasteiger partial charge in [-0.15, -0.1) is 0 Å². The molecule has 1 fully saturated rings. The highest BCUT2D eigenvalue weighted by Gasteiger charge is 2.24. The van der Waals surface area contributed by atoms with Crippen LogP contribution in [0, 0.1) is 5.92 Å². The number of rotatable bonds is 2. The maximum atomic E-state index is 11.9. The molecule has 0 unspecified atom stereocenters. The maximum absolute atomic E-state index is 11.9. The van der Waals surface area contributed by atoms with E-state index in [1.165, 1.54) is 12.6 Å². The summed E-state index contributed by atoms with van der Waals surface area (Å²) in [5, 5.41) is 6.36. The van der Waals surface area contributed by atoms with Crippen molar-refractivity contribution in [2.75, 3.05) is 5.73 Å². The molecule has 1 heterocycles. The first-order chi connectivity index (χ1) is 6.79. The number of nitrogens with two attached hydrogens (primary N) is 1. The van der Waals surface area contributed by atoms with Crippen molar-refractivity contribution in [3.63, 3.8) is 0 Å². The summed E-state index contributed by atoms with van der Waals surface area (Å²) in [5.41, 5.74) is 6.18. The smallest absolute Gasteiger partial charge is 0.171 e. The van der Waals surface area contributed by atoms with Crippen LogP contribution in [0.3, 0.4) is 0 Å². The van der Waals surface area contributed by atoms with E-state index in [4.69, 9.17) is 5.73 Å². The Morgan fingerprint density at radius 3 is 2.71 bits per heavy atom. The van der Waals surface area contributed by atoms with E-state index in [2.05, 4.69) is 10.2 Å². The highest BCUT2D eigenvalue weighted by molar-refractivity contribution is 6.01. The molecule has 4 heteroatoms. The number of nitrogens with one attached hydrogen (secondary N) is 1. The van der Waals surface area contributed by atoms with Crippen molar-refractivity contribution in [1.29, 1.82) is 0 Å². The molecule has 1 aromatic rings. The van der Waals surface area contributed by atoms with Gasteiger partial charge in [0.15, 0.2) is 5.78 Å². The first-order valence-corrected chi connectivity index (χ1v) is 5.12. The van der Waals surface area contributed by atoms with E-state index in [0.717, 1.165) is 25.7 Å². The monoisotopic (exact) mass is 193 g/mol. The van der Waals surface area contributed by atoms with Crippen molar-refractivity contribution >= 4 is 11.6 Å². The summed E-state index contributed by atoms with van der Waals surface area (Å²) in [6.07, 6.45) is 7.12. The van der Waals surface area contributed by atoms with Crippen LogP contribution in [0.1, 0.15) is 42.5 Å². The van der Waals surface area contributed by atoms with Crippen LogP contribution >= 0.6 is 0 Å². The Hall–Kier alpha value is -1.32. The van der Waals surface area contributed by atoms with E-state index < -0.39 is 0 Å². The number of ketones is 1. The molecule has 0 amide bonds. The number of nitrogens with zero attached hydrogens (tertiary/aromatic N) is 1. The maximum Gasteiger partial charge on any atom is 0.171 e. The van der Waals surface area contributed by atoms with Gasteiger partial charge in [0.1, 0.15) is 5.82 Å². The van der Waals surface area contributed by atoms with Crippen LogP contribution in [0.15, 0.2) is 6.20 Å². The van der Waals surface area contributed by atoms with Crippen LogP contribution in [0.25, 0.3) is 0 Å². The average molecular weight is 193 g/mol. The van der Waals surface area contributed by atoms with Gasteiger partial charge in [-0.05, 0) is 12.8 Å². The second-order valence-electron chi connectivity index (χ2n) is 3.90. The molecule has 4 nitrogen and oxygen atoms in total. The lowest BCUT2D eigenvalue weighted by molar-refractivity contribution is 0.0890.